The highest BCUT2D eigenvalue weighted by molar-refractivity contribution is 6.07. The first-order valence-electron chi connectivity index (χ1n) is 15.8. The Morgan fingerprint density at radius 3 is 2.51 bits per heavy atom. The van der Waals surface area contributed by atoms with Gasteiger partial charge in [-0.2, -0.15) is 0 Å². The summed E-state index contributed by atoms with van der Waals surface area (Å²) in [5.74, 6) is -0.761. The quantitative estimate of drug-likeness (QED) is 0.171. The third-order valence-corrected chi connectivity index (χ3v) is 7.33. The van der Waals surface area contributed by atoms with E-state index in [4.69, 9.17) is 20.9 Å². The number of pyridine rings is 1. The van der Waals surface area contributed by atoms with E-state index < -0.39 is 23.6 Å². The second kappa shape index (κ2) is 16.7. The minimum absolute atomic E-state index is 0.00655. The average molecular weight is 648 g/mol. The van der Waals surface area contributed by atoms with Crippen LogP contribution in [0.1, 0.15) is 56.1 Å². The van der Waals surface area contributed by atoms with Crippen LogP contribution in [0.4, 0.5) is 22.0 Å². The molecule has 1 aliphatic heterocycles. The first kappa shape index (κ1) is 35.0. The van der Waals surface area contributed by atoms with Gasteiger partial charge in [-0.3, -0.25) is 14.6 Å². The Hall–Kier alpha value is -4.82. The molecular formula is C33H45N9O5. The standard InChI is InChI=1S/C33H45N9O5/c1-33(2,3)47-32(45)41-24(6-4-5-13-34)30(43)37-15-11-22-7-9-23(10-8-22)25-21-38-29(35)28(39-25)31(44)40-26-20-36-14-12-27(26)42-16-18-46-19-17-42/h7-10,12,14,20-21,24H,4-6,11,13,15-19,34H2,1-3H3,(H2,35,38)(H,37,43)(H,40,44)(H,41,45)/t24-/m0/s1. The number of nitrogens with one attached hydrogen (secondary N) is 3. The van der Waals surface area contributed by atoms with Gasteiger partial charge in [-0.05, 0) is 64.6 Å². The number of benzene rings is 1. The molecule has 1 aromatic carbocycles. The largest absolute Gasteiger partial charge is 0.444 e. The van der Waals surface area contributed by atoms with Crippen LogP contribution in [0.25, 0.3) is 11.3 Å². The van der Waals surface area contributed by atoms with E-state index >= 15 is 0 Å². The molecule has 1 atom stereocenters. The summed E-state index contributed by atoms with van der Waals surface area (Å²) >= 11 is 0. The molecule has 14 heteroatoms. The summed E-state index contributed by atoms with van der Waals surface area (Å²) in [5.41, 5.74) is 14.6. The van der Waals surface area contributed by atoms with Gasteiger partial charge in [0.15, 0.2) is 11.5 Å². The van der Waals surface area contributed by atoms with Gasteiger partial charge in [0.1, 0.15) is 11.6 Å². The molecule has 3 aromatic rings. The van der Waals surface area contributed by atoms with Crippen LogP contribution in [0.2, 0.25) is 0 Å². The lowest BCUT2D eigenvalue weighted by atomic mass is 10.1. The van der Waals surface area contributed by atoms with Crippen LogP contribution in [0.15, 0.2) is 48.9 Å². The second-order valence-corrected chi connectivity index (χ2v) is 12.2. The number of amides is 3. The number of carbonyl (C=O) groups is 3. The average Bonchev–Trinajstić information content (AvgIpc) is 3.04. The Balaban J connectivity index is 1.36. The van der Waals surface area contributed by atoms with Crippen molar-refractivity contribution in [2.24, 2.45) is 5.73 Å². The van der Waals surface area contributed by atoms with E-state index in [1.165, 1.54) is 6.20 Å². The molecule has 3 amide bonds. The summed E-state index contributed by atoms with van der Waals surface area (Å²) in [6.07, 6.45) is 6.62. The summed E-state index contributed by atoms with van der Waals surface area (Å²) in [4.78, 5) is 53.6. The van der Waals surface area contributed by atoms with Gasteiger partial charge in [-0.25, -0.2) is 14.8 Å². The lowest BCUT2D eigenvalue weighted by Gasteiger charge is -2.30. The van der Waals surface area contributed by atoms with Crippen molar-refractivity contribution in [3.63, 3.8) is 0 Å². The third-order valence-electron chi connectivity index (χ3n) is 7.33. The normalized spacial score (nSPS) is 13.8. The van der Waals surface area contributed by atoms with Crippen molar-refractivity contribution >= 4 is 35.1 Å². The Bertz CT molecular complexity index is 1510. The summed E-state index contributed by atoms with van der Waals surface area (Å²) in [5, 5.41) is 8.48. The highest BCUT2D eigenvalue weighted by Crippen LogP contribution is 2.27. The monoisotopic (exact) mass is 647 g/mol. The molecule has 3 heterocycles. The van der Waals surface area contributed by atoms with E-state index in [0.717, 1.165) is 23.2 Å². The molecule has 14 nitrogen and oxygen atoms in total. The predicted octanol–water partition coefficient (Wildman–Crippen LogP) is 2.89. The Kier molecular flexibility index (Phi) is 12.4. The van der Waals surface area contributed by atoms with Crippen LogP contribution in [0.5, 0.6) is 0 Å². The number of rotatable bonds is 13. The van der Waals surface area contributed by atoms with Crippen LogP contribution in [-0.4, -0.2) is 83.9 Å². The van der Waals surface area contributed by atoms with E-state index in [1.807, 2.05) is 30.3 Å². The number of alkyl carbamates (subject to hydrolysis) is 1. The van der Waals surface area contributed by atoms with Crippen molar-refractivity contribution in [3.8, 4) is 11.3 Å². The predicted molar refractivity (Wildman–Crippen MR) is 180 cm³/mol. The van der Waals surface area contributed by atoms with E-state index in [9.17, 15) is 14.4 Å². The minimum atomic E-state index is -0.724. The summed E-state index contributed by atoms with van der Waals surface area (Å²) in [6.45, 7) is 8.79. The smallest absolute Gasteiger partial charge is 0.408 e. The molecule has 1 aliphatic rings. The molecular weight excluding hydrogens is 602 g/mol. The van der Waals surface area contributed by atoms with Crippen LogP contribution < -0.4 is 32.3 Å². The van der Waals surface area contributed by atoms with Gasteiger partial charge in [-0.15, -0.1) is 0 Å². The highest BCUT2D eigenvalue weighted by atomic mass is 16.6. The number of nitrogens with two attached hydrogens (primary N) is 2. The summed E-state index contributed by atoms with van der Waals surface area (Å²) in [7, 11) is 0. The Morgan fingerprint density at radius 1 is 1.06 bits per heavy atom. The van der Waals surface area contributed by atoms with E-state index in [2.05, 4.69) is 35.8 Å². The summed E-state index contributed by atoms with van der Waals surface area (Å²) < 4.78 is 10.8. The Labute approximate surface area is 275 Å². The van der Waals surface area contributed by atoms with E-state index in [1.54, 1.807) is 33.2 Å². The van der Waals surface area contributed by atoms with E-state index in [0.29, 0.717) is 70.0 Å². The molecule has 1 fully saturated rings. The number of aromatic nitrogens is 3. The Morgan fingerprint density at radius 2 is 1.81 bits per heavy atom. The van der Waals surface area contributed by atoms with Gasteiger partial charge < -0.3 is 41.8 Å². The number of anilines is 3. The van der Waals surface area contributed by atoms with Crippen molar-refractivity contribution in [1.82, 2.24) is 25.6 Å². The van der Waals surface area contributed by atoms with Gasteiger partial charge in [0.25, 0.3) is 5.91 Å². The molecule has 252 valence electrons. The van der Waals surface area contributed by atoms with Gasteiger partial charge in [-0.1, -0.05) is 24.3 Å². The lowest BCUT2D eigenvalue weighted by Crippen LogP contribution is -2.48. The maximum Gasteiger partial charge on any atom is 0.408 e. The van der Waals surface area contributed by atoms with Crippen LogP contribution in [0.3, 0.4) is 0 Å². The second-order valence-electron chi connectivity index (χ2n) is 12.2. The molecule has 0 radical (unpaired) electrons. The number of hydrogen-bond donors (Lipinski definition) is 5. The topological polar surface area (TPSA) is 200 Å². The first-order valence-corrected chi connectivity index (χ1v) is 15.8. The molecule has 4 rings (SSSR count). The number of nitrogens with zero attached hydrogens (tertiary/aromatic N) is 4. The molecule has 47 heavy (non-hydrogen) atoms. The third kappa shape index (κ3) is 10.6. The SMILES string of the molecule is CC(C)(C)OC(=O)N[C@@H](CCCCN)C(=O)NCCc1ccc(-c2cnc(N)c(C(=O)Nc3cnccc3N3CCOCC3)n2)cc1. The number of unbranched alkanes of at least 4 members (excludes halogenated alkanes) is 1. The van der Waals surface area contributed by atoms with Gasteiger partial charge in [0.05, 0.1) is 42.7 Å². The first-order chi connectivity index (χ1) is 22.5. The lowest BCUT2D eigenvalue weighted by molar-refractivity contribution is -0.123. The van der Waals surface area contributed by atoms with Gasteiger partial charge in [0.2, 0.25) is 5.91 Å². The fourth-order valence-corrected chi connectivity index (χ4v) is 4.96. The highest BCUT2D eigenvalue weighted by Gasteiger charge is 2.24. The van der Waals surface area contributed by atoms with Crippen LogP contribution in [-0.2, 0) is 20.7 Å². The van der Waals surface area contributed by atoms with Crippen molar-refractivity contribution in [3.05, 3.63) is 60.2 Å². The number of nitrogen functional groups attached to an aromatic ring is 1. The molecule has 0 spiro atoms. The molecule has 2 aromatic heterocycles. The van der Waals surface area contributed by atoms with Crippen LogP contribution in [0, 0.1) is 0 Å². The maximum atomic E-state index is 13.3. The zero-order valence-corrected chi connectivity index (χ0v) is 27.3. The van der Waals surface area contributed by atoms with Gasteiger partial charge >= 0.3 is 6.09 Å². The molecule has 0 saturated carbocycles. The molecule has 0 aliphatic carbocycles. The molecule has 0 bridgehead atoms. The van der Waals surface area contributed by atoms with Crippen LogP contribution >= 0.6 is 0 Å². The summed E-state index contributed by atoms with van der Waals surface area (Å²) in [6, 6.07) is 8.70. The zero-order chi connectivity index (χ0) is 33.8. The van der Waals surface area contributed by atoms with Crippen molar-refractivity contribution in [1.29, 1.82) is 0 Å². The minimum Gasteiger partial charge on any atom is -0.444 e. The molecule has 0 unspecified atom stereocenters. The van der Waals surface area contributed by atoms with Crippen molar-refractivity contribution < 1.29 is 23.9 Å². The number of carbonyl (C=O) groups excluding carboxylic acids is 3. The van der Waals surface area contributed by atoms with Crippen molar-refractivity contribution in [2.45, 2.75) is 58.1 Å². The van der Waals surface area contributed by atoms with Gasteiger partial charge in [0, 0.05) is 31.4 Å². The zero-order valence-electron chi connectivity index (χ0n) is 27.3. The van der Waals surface area contributed by atoms with E-state index in [-0.39, 0.29) is 17.4 Å². The molecule has 7 N–H and O–H groups in total. The number of ether oxygens (including phenoxy) is 2. The van der Waals surface area contributed by atoms with Crippen molar-refractivity contribution in [2.75, 3.05) is 55.3 Å². The number of morpholine rings is 1. The molecule has 1 saturated heterocycles. The maximum absolute atomic E-state index is 13.3. The number of hydrogen-bond acceptors (Lipinski definition) is 11. The fraction of sp³-hybridized carbons (Fsp3) is 0.455. The fourth-order valence-electron chi connectivity index (χ4n) is 4.96.